The summed E-state index contributed by atoms with van der Waals surface area (Å²) in [6, 6.07) is 2.15. The number of aromatic nitrogens is 2. The summed E-state index contributed by atoms with van der Waals surface area (Å²) in [6.45, 7) is 1.97. The SMILES string of the molecule is CC(N)Cc1ccn[nH]1. The Kier molecular flexibility index (Phi) is 1.85. The van der Waals surface area contributed by atoms with Crippen LogP contribution >= 0.6 is 0 Å². The molecule has 3 N–H and O–H groups in total. The zero-order valence-electron chi connectivity index (χ0n) is 5.46. The second kappa shape index (κ2) is 2.64. The summed E-state index contributed by atoms with van der Waals surface area (Å²) >= 11 is 0. The van der Waals surface area contributed by atoms with Gasteiger partial charge in [-0.15, -0.1) is 0 Å². The van der Waals surface area contributed by atoms with E-state index in [0.717, 1.165) is 12.1 Å². The van der Waals surface area contributed by atoms with E-state index in [9.17, 15) is 0 Å². The second-order valence-electron chi connectivity index (χ2n) is 2.26. The highest BCUT2D eigenvalue weighted by atomic mass is 15.1. The van der Waals surface area contributed by atoms with Gasteiger partial charge in [0.15, 0.2) is 0 Å². The first-order valence-electron chi connectivity index (χ1n) is 3.03. The van der Waals surface area contributed by atoms with Crippen molar-refractivity contribution in [3.05, 3.63) is 18.0 Å². The van der Waals surface area contributed by atoms with Gasteiger partial charge >= 0.3 is 0 Å². The molecule has 0 fully saturated rings. The minimum absolute atomic E-state index is 0.213. The van der Waals surface area contributed by atoms with Gasteiger partial charge in [0.05, 0.1) is 0 Å². The number of nitrogens with one attached hydrogen (secondary N) is 1. The number of hydrogen-bond acceptors (Lipinski definition) is 2. The van der Waals surface area contributed by atoms with Crippen LogP contribution in [0.3, 0.4) is 0 Å². The molecule has 1 rings (SSSR count). The zero-order chi connectivity index (χ0) is 6.69. The number of rotatable bonds is 2. The Morgan fingerprint density at radius 1 is 1.89 bits per heavy atom. The number of nitrogens with zero attached hydrogens (tertiary/aromatic N) is 1. The third-order valence-corrected chi connectivity index (χ3v) is 1.10. The van der Waals surface area contributed by atoms with Gasteiger partial charge in [0, 0.05) is 24.4 Å². The molecule has 1 heterocycles. The average Bonchev–Trinajstić information content (AvgIpc) is 2.15. The van der Waals surface area contributed by atoms with E-state index in [0.29, 0.717) is 0 Å². The van der Waals surface area contributed by atoms with Crippen molar-refractivity contribution in [1.82, 2.24) is 10.2 Å². The van der Waals surface area contributed by atoms with Crippen molar-refractivity contribution >= 4 is 0 Å². The lowest BCUT2D eigenvalue weighted by Crippen LogP contribution is -2.17. The van der Waals surface area contributed by atoms with E-state index >= 15 is 0 Å². The largest absolute Gasteiger partial charge is 0.328 e. The van der Waals surface area contributed by atoms with Crippen LogP contribution in [0.4, 0.5) is 0 Å². The summed E-state index contributed by atoms with van der Waals surface area (Å²) in [5.41, 5.74) is 6.64. The maximum absolute atomic E-state index is 5.54. The molecule has 3 nitrogen and oxygen atoms in total. The molecule has 0 amide bonds. The fourth-order valence-electron chi connectivity index (χ4n) is 0.745. The Labute approximate surface area is 54.3 Å². The molecule has 1 aromatic heterocycles. The quantitative estimate of drug-likeness (QED) is 0.597. The third-order valence-electron chi connectivity index (χ3n) is 1.10. The molecule has 0 saturated heterocycles. The Morgan fingerprint density at radius 3 is 3.11 bits per heavy atom. The van der Waals surface area contributed by atoms with Crippen molar-refractivity contribution in [2.75, 3.05) is 0 Å². The minimum Gasteiger partial charge on any atom is -0.328 e. The molecule has 0 aliphatic carbocycles. The fourth-order valence-corrected chi connectivity index (χ4v) is 0.745. The van der Waals surface area contributed by atoms with Crippen molar-refractivity contribution in [1.29, 1.82) is 0 Å². The van der Waals surface area contributed by atoms with Gasteiger partial charge in [-0.2, -0.15) is 5.10 Å². The molecule has 0 saturated carbocycles. The Bertz CT molecular complexity index is 155. The van der Waals surface area contributed by atoms with Crippen molar-refractivity contribution in [3.8, 4) is 0 Å². The third kappa shape index (κ3) is 1.85. The van der Waals surface area contributed by atoms with Crippen LogP contribution < -0.4 is 5.73 Å². The molecule has 9 heavy (non-hydrogen) atoms. The van der Waals surface area contributed by atoms with Gasteiger partial charge in [0.2, 0.25) is 0 Å². The van der Waals surface area contributed by atoms with Crippen molar-refractivity contribution in [3.63, 3.8) is 0 Å². The fraction of sp³-hybridized carbons (Fsp3) is 0.500. The first-order valence-corrected chi connectivity index (χ1v) is 3.03. The highest BCUT2D eigenvalue weighted by molar-refractivity contribution is 4.98. The smallest absolute Gasteiger partial charge is 0.0490 e. The molecule has 0 spiro atoms. The monoisotopic (exact) mass is 125 g/mol. The summed E-state index contributed by atoms with van der Waals surface area (Å²) in [5.74, 6) is 0. The molecular weight excluding hydrogens is 114 g/mol. The van der Waals surface area contributed by atoms with Crippen molar-refractivity contribution in [2.45, 2.75) is 19.4 Å². The van der Waals surface area contributed by atoms with Crippen molar-refractivity contribution < 1.29 is 0 Å². The Hall–Kier alpha value is -0.830. The van der Waals surface area contributed by atoms with Crippen LogP contribution in [0.5, 0.6) is 0 Å². The molecule has 0 radical (unpaired) electrons. The summed E-state index contributed by atoms with van der Waals surface area (Å²) in [5, 5.41) is 6.63. The molecule has 1 atom stereocenters. The standard InChI is InChI=1S/C6H11N3/c1-5(7)4-6-2-3-8-9-6/h2-3,5H,4,7H2,1H3,(H,8,9). The zero-order valence-corrected chi connectivity index (χ0v) is 5.46. The predicted octanol–water partition coefficient (Wildman–Crippen LogP) is 0.299. The molecule has 1 aromatic rings. The van der Waals surface area contributed by atoms with Gasteiger partial charge in [-0.05, 0) is 13.0 Å². The van der Waals surface area contributed by atoms with Crippen LogP contribution in [0.1, 0.15) is 12.6 Å². The molecule has 1 unspecified atom stereocenters. The number of hydrogen-bond donors (Lipinski definition) is 2. The van der Waals surface area contributed by atoms with Crippen LogP contribution in [0.25, 0.3) is 0 Å². The second-order valence-corrected chi connectivity index (χ2v) is 2.26. The van der Waals surface area contributed by atoms with E-state index < -0.39 is 0 Å². The van der Waals surface area contributed by atoms with Gasteiger partial charge < -0.3 is 5.73 Å². The molecule has 0 bridgehead atoms. The van der Waals surface area contributed by atoms with Gasteiger partial charge in [-0.1, -0.05) is 0 Å². The van der Waals surface area contributed by atoms with E-state index in [2.05, 4.69) is 10.2 Å². The average molecular weight is 125 g/mol. The van der Waals surface area contributed by atoms with Crippen LogP contribution in [-0.4, -0.2) is 16.2 Å². The topological polar surface area (TPSA) is 54.7 Å². The summed E-state index contributed by atoms with van der Waals surface area (Å²) < 4.78 is 0. The number of nitrogens with two attached hydrogens (primary N) is 1. The molecule has 0 aliphatic rings. The van der Waals surface area contributed by atoms with E-state index in [-0.39, 0.29) is 6.04 Å². The number of aromatic amines is 1. The highest BCUT2D eigenvalue weighted by Gasteiger charge is 1.96. The van der Waals surface area contributed by atoms with E-state index in [1.165, 1.54) is 0 Å². The molecular formula is C6H11N3. The van der Waals surface area contributed by atoms with Gasteiger partial charge in [-0.3, -0.25) is 5.10 Å². The van der Waals surface area contributed by atoms with E-state index in [1.807, 2.05) is 13.0 Å². The molecule has 3 heteroatoms. The van der Waals surface area contributed by atoms with Crippen molar-refractivity contribution in [2.24, 2.45) is 5.73 Å². The minimum atomic E-state index is 0.213. The van der Waals surface area contributed by atoms with Crippen LogP contribution in [0, 0.1) is 0 Å². The van der Waals surface area contributed by atoms with Gasteiger partial charge in [0.1, 0.15) is 0 Å². The highest BCUT2D eigenvalue weighted by Crippen LogP contribution is 1.94. The van der Waals surface area contributed by atoms with Gasteiger partial charge in [-0.25, -0.2) is 0 Å². The maximum Gasteiger partial charge on any atom is 0.0490 e. The van der Waals surface area contributed by atoms with E-state index in [4.69, 9.17) is 5.73 Å². The molecule has 0 aromatic carbocycles. The summed E-state index contributed by atoms with van der Waals surface area (Å²) in [7, 11) is 0. The first-order chi connectivity index (χ1) is 4.29. The Balaban J connectivity index is 2.48. The molecule has 0 aliphatic heterocycles. The number of H-pyrrole nitrogens is 1. The van der Waals surface area contributed by atoms with Crippen LogP contribution in [-0.2, 0) is 6.42 Å². The summed E-state index contributed by atoms with van der Waals surface area (Å²) in [6.07, 6.45) is 2.61. The van der Waals surface area contributed by atoms with Gasteiger partial charge in [0.25, 0.3) is 0 Å². The lowest BCUT2D eigenvalue weighted by Gasteiger charge is -1.99. The maximum atomic E-state index is 5.54. The Morgan fingerprint density at radius 2 is 2.67 bits per heavy atom. The first kappa shape index (κ1) is 6.29. The normalized spacial score (nSPS) is 13.6. The predicted molar refractivity (Wildman–Crippen MR) is 35.9 cm³/mol. The van der Waals surface area contributed by atoms with Crippen LogP contribution in [0.15, 0.2) is 12.3 Å². The summed E-state index contributed by atoms with van der Waals surface area (Å²) in [4.78, 5) is 0. The van der Waals surface area contributed by atoms with Crippen LogP contribution in [0.2, 0.25) is 0 Å². The lowest BCUT2D eigenvalue weighted by molar-refractivity contribution is 0.719. The lowest BCUT2D eigenvalue weighted by atomic mass is 10.2. The van der Waals surface area contributed by atoms with E-state index in [1.54, 1.807) is 6.20 Å². The molecule has 50 valence electrons.